The molecule has 0 saturated carbocycles. The molecule has 2 aromatic carbocycles. The van der Waals surface area contributed by atoms with Crippen molar-refractivity contribution in [3.8, 4) is 5.75 Å². The lowest BCUT2D eigenvalue weighted by atomic mass is 9.99. The topological polar surface area (TPSA) is 47.3 Å². The second kappa shape index (κ2) is 6.91. The third kappa shape index (κ3) is 3.54. The van der Waals surface area contributed by atoms with Crippen molar-refractivity contribution >= 4 is 43.5 Å². The summed E-state index contributed by atoms with van der Waals surface area (Å²) in [5.41, 5.74) is 4.82. The van der Waals surface area contributed by atoms with Gasteiger partial charge in [0.25, 0.3) is 0 Å². The Hall–Kier alpha value is -0.590. The first-order chi connectivity index (χ1) is 9.55. The van der Waals surface area contributed by atoms with Gasteiger partial charge in [-0.2, -0.15) is 0 Å². The van der Waals surface area contributed by atoms with Crippen molar-refractivity contribution < 1.29 is 4.74 Å². The van der Waals surface area contributed by atoms with Gasteiger partial charge in [0, 0.05) is 8.95 Å². The number of hydrogen-bond acceptors (Lipinski definition) is 3. The molecule has 0 saturated heterocycles. The van der Waals surface area contributed by atoms with Crippen LogP contribution in [0, 0.1) is 0 Å². The molecule has 0 amide bonds. The number of halogens is 3. The van der Waals surface area contributed by atoms with Crippen LogP contribution in [-0.4, -0.2) is 7.11 Å². The predicted molar refractivity (Wildman–Crippen MR) is 89.0 cm³/mol. The summed E-state index contributed by atoms with van der Waals surface area (Å²) in [4.78, 5) is 0. The minimum Gasteiger partial charge on any atom is -0.495 e. The lowest BCUT2D eigenvalue weighted by Gasteiger charge is -2.18. The Morgan fingerprint density at radius 1 is 1.10 bits per heavy atom. The van der Waals surface area contributed by atoms with Crippen LogP contribution in [0.1, 0.15) is 17.2 Å². The van der Waals surface area contributed by atoms with E-state index in [1.54, 1.807) is 13.2 Å². The van der Waals surface area contributed by atoms with Crippen molar-refractivity contribution in [3.05, 3.63) is 61.5 Å². The average Bonchev–Trinajstić information content (AvgIpc) is 2.40. The highest BCUT2D eigenvalue weighted by atomic mass is 79.9. The monoisotopic (exact) mass is 418 g/mol. The molecule has 3 N–H and O–H groups in total. The zero-order valence-electron chi connectivity index (χ0n) is 10.7. The van der Waals surface area contributed by atoms with E-state index in [2.05, 4.69) is 37.3 Å². The van der Waals surface area contributed by atoms with Gasteiger partial charge in [0.15, 0.2) is 0 Å². The molecular formula is C14H13Br2ClN2O. The standard InChI is InChI=1S/C14H13Br2ClN2O/c1-20-13-6-8(2-3-12(13)17)14(19-18)9-4-10(15)7-11(16)5-9/h2-7,14,19H,18H2,1H3. The van der Waals surface area contributed by atoms with Gasteiger partial charge in [0.1, 0.15) is 5.75 Å². The van der Waals surface area contributed by atoms with Crippen LogP contribution in [0.5, 0.6) is 5.75 Å². The van der Waals surface area contributed by atoms with Crippen molar-refractivity contribution in [2.75, 3.05) is 7.11 Å². The summed E-state index contributed by atoms with van der Waals surface area (Å²) in [5.74, 6) is 6.34. The van der Waals surface area contributed by atoms with Crippen molar-refractivity contribution in [2.24, 2.45) is 5.84 Å². The molecule has 106 valence electrons. The summed E-state index contributed by atoms with van der Waals surface area (Å²) in [6.07, 6.45) is 0. The van der Waals surface area contributed by atoms with Crippen molar-refractivity contribution in [1.29, 1.82) is 0 Å². The highest BCUT2D eigenvalue weighted by Gasteiger charge is 2.15. The van der Waals surface area contributed by atoms with E-state index in [9.17, 15) is 0 Å². The largest absolute Gasteiger partial charge is 0.495 e. The molecule has 0 aliphatic heterocycles. The first kappa shape index (κ1) is 15.8. The first-order valence-corrected chi connectivity index (χ1v) is 7.77. The number of ether oxygens (including phenoxy) is 1. The van der Waals surface area contributed by atoms with Crippen molar-refractivity contribution in [2.45, 2.75) is 6.04 Å². The molecule has 1 unspecified atom stereocenters. The van der Waals surface area contributed by atoms with Gasteiger partial charge in [-0.25, -0.2) is 5.43 Å². The molecule has 3 nitrogen and oxygen atoms in total. The Bertz CT molecular complexity index is 602. The normalized spacial score (nSPS) is 12.2. The van der Waals surface area contributed by atoms with Gasteiger partial charge in [-0.3, -0.25) is 5.84 Å². The van der Waals surface area contributed by atoms with Crippen LogP contribution in [0.3, 0.4) is 0 Å². The Kier molecular flexibility index (Phi) is 5.46. The lowest BCUT2D eigenvalue weighted by molar-refractivity contribution is 0.414. The molecule has 0 fully saturated rings. The van der Waals surface area contributed by atoms with Crippen LogP contribution in [0.15, 0.2) is 45.3 Å². The maximum atomic E-state index is 6.05. The summed E-state index contributed by atoms with van der Waals surface area (Å²) >= 11 is 13.0. The van der Waals surface area contributed by atoms with E-state index < -0.39 is 0 Å². The number of hydrogen-bond donors (Lipinski definition) is 2. The second-order valence-electron chi connectivity index (χ2n) is 4.20. The Morgan fingerprint density at radius 2 is 1.75 bits per heavy atom. The molecule has 0 heterocycles. The highest BCUT2D eigenvalue weighted by molar-refractivity contribution is 9.11. The van der Waals surface area contributed by atoms with Crippen LogP contribution >= 0.6 is 43.5 Å². The van der Waals surface area contributed by atoms with E-state index in [-0.39, 0.29) is 6.04 Å². The zero-order valence-corrected chi connectivity index (χ0v) is 14.6. The van der Waals surface area contributed by atoms with E-state index >= 15 is 0 Å². The fourth-order valence-electron chi connectivity index (χ4n) is 1.98. The third-order valence-electron chi connectivity index (χ3n) is 2.89. The van der Waals surface area contributed by atoms with Gasteiger partial charge in [-0.05, 0) is 41.5 Å². The van der Waals surface area contributed by atoms with Crippen LogP contribution in [-0.2, 0) is 0 Å². The molecule has 0 aliphatic rings. The van der Waals surface area contributed by atoms with Crippen LogP contribution in [0.2, 0.25) is 5.02 Å². The Morgan fingerprint density at radius 3 is 2.30 bits per heavy atom. The Labute approximate surface area is 139 Å². The minimum absolute atomic E-state index is 0.157. The van der Waals surface area contributed by atoms with Crippen LogP contribution < -0.4 is 16.0 Å². The molecule has 2 rings (SSSR count). The molecule has 0 aliphatic carbocycles. The van der Waals surface area contributed by atoms with Crippen LogP contribution in [0.25, 0.3) is 0 Å². The predicted octanol–water partition coefficient (Wildman–Crippen LogP) is 4.43. The van der Waals surface area contributed by atoms with E-state index in [4.69, 9.17) is 22.2 Å². The summed E-state index contributed by atoms with van der Waals surface area (Å²) in [6.45, 7) is 0. The number of hydrazine groups is 1. The number of rotatable bonds is 4. The van der Waals surface area contributed by atoms with Crippen molar-refractivity contribution in [3.63, 3.8) is 0 Å². The van der Waals surface area contributed by atoms with Crippen molar-refractivity contribution in [1.82, 2.24) is 5.43 Å². The number of benzene rings is 2. The van der Waals surface area contributed by atoms with E-state index in [1.165, 1.54) is 0 Å². The van der Waals surface area contributed by atoms with Gasteiger partial charge in [0.05, 0.1) is 18.2 Å². The van der Waals surface area contributed by atoms with Gasteiger partial charge < -0.3 is 4.74 Å². The number of methoxy groups -OCH3 is 1. The molecule has 2 aromatic rings. The minimum atomic E-state index is -0.157. The van der Waals surface area contributed by atoms with Gasteiger partial charge in [0.2, 0.25) is 0 Å². The fourth-order valence-corrected chi connectivity index (χ4v) is 3.51. The molecule has 1 atom stereocenters. The van der Waals surface area contributed by atoms with Gasteiger partial charge in [-0.1, -0.05) is 49.5 Å². The molecule has 6 heteroatoms. The molecule has 0 spiro atoms. The molecule has 0 aromatic heterocycles. The quantitative estimate of drug-likeness (QED) is 0.568. The average molecular weight is 421 g/mol. The molecule has 0 bridgehead atoms. The maximum Gasteiger partial charge on any atom is 0.137 e. The maximum absolute atomic E-state index is 6.05. The second-order valence-corrected chi connectivity index (χ2v) is 6.43. The van der Waals surface area contributed by atoms with Gasteiger partial charge in [-0.15, -0.1) is 0 Å². The third-order valence-corrected chi connectivity index (χ3v) is 4.12. The SMILES string of the molecule is COc1cc(C(NN)c2cc(Br)cc(Br)c2)ccc1Cl. The number of nitrogens with two attached hydrogens (primary N) is 1. The first-order valence-electron chi connectivity index (χ1n) is 5.80. The summed E-state index contributed by atoms with van der Waals surface area (Å²) < 4.78 is 7.19. The molecule has 0 radical (unpaired) electrons. The summed E-state index contributed by atoms with van der Waals surface area (Å²) in [7, 11) is 1.59. The zero-order chi connectivity index (χ0) is 14.7. The van der Waals surface area contributed by atoms with E-state index in [1.807, 2.05) is 30.3 Å². The fraction of sp³-hybridized carbons (Fsp3) is 0.143. The van der Waals surface area contributed by atoms with Crippen LogP contribution in [0.4, 0.5) is 0 Å². The van der Waals surface area contributed by atoms with E-state index in [0.717, 1.165) is 20.1 Å². The summed E-state index contributed by atoms with van der Waals surface area (Å²) in [5, 5.41) is 0.572. The molecular weight excluding hydrogens is 407 g/mol. The Balaban J connectivity index is 2.46. The van der Waals surface area contributed by atoms with E-state index in [0.29, 0.717) is 10.8 Å². The smallest absolute Gasteiger partial charge is 0.137 e. The highest BCUT2D eigenvalue weighted by Crippen LogP contribution is 2.32. The lowest BCUT2D eigenvalue weighted by Crippen LogP contribution is -2.28. The van der Waals surface area contributed by atoms with Gasteiger partial charge >= 0.3 is 0 Å². The molecule has 20 heavy (non-hydrogen) atoms. The number of nitrogens with one attached hydrogen (secondary N) is 1. The summed E-state index contributed by atoms with van der Waals surface area (Å²) in [6, 6.07) is 11.4.